The molecule has 0 amide bonds. The van der Waals surface area contributed by atoms with Crippen molar-refractivity contribution >= 4 is 33.5 Å². The Hall–Kier alpha value is -0.750. The lowest BCUT2D eigenvalue weighted by Crippen LogP contribution is -2.31. The van der Waals surface area contributed by atoms with Gasteiger partial charge in [-0.05, 0) is 46.7 Å². The monoisotopic (exact) mass is 345 g/mol. The minimum absolute atomic E-state index is 0.245. The Morgan fingerprint density at radius 3 is 2.89 bits per heavy atom. The summed E-state index contributed by atoms with van der Waals surface area (Å²) in [5.74, 6) is 1.31. The number of halogens is 1. The van der Waals surface area contributed by atoms with Crippen LogP contribution in [0.4, 0.5) is 0 Å². The molecule has 0 atom stereocenters. The van der Waals surface area contributed by atoms with Crippen LogP contribution in [0.3, 0.4) is 0 Å². The standard InChI is InChI=1S/C13H20BrN3OS/c1-13(2,12(15)17-18)7-3-4-9-19-11-10(14)6-5-8-16-11/h5-6,8,18H,3-4,7,9H2,1-2H3,(H2,15,17). The van der Waals surface area contributed by atoms with Gasteiger partial charge in [0, 0.05) is 16.1 Å². The summed E-state index contributed by atoms with van der Waals surface area (Å²) < 4.78 is 1.04. The number of nitrogens with zero attached hydrogens (tertiary/aromatic N) is 2. The van der Waals surface area contributed by atoms with Crippen LogP contribution in [0.2, 0.25) is 0 Å². The molecule has 0 aliphatic carbocycles. The first kappa shape index (κ1) is 16.3. The molecule has 0 aliphatic heterocycles. The molecule has 1 aromatic heterocycles. The molecule has 1 aromatic rings. The average molecular weight is 346 g/mol. The molecule has 1 rings (SSSR count). The molecule has 0 aromatic carbocycles. The third-order valence-electron chi connectivity index (χ3n) is 2.96. The zero-order valence-electron chi connectivity index (χ0n) is 11.3. The third kappa shape index (κ3) is 5.40. The van der Waals surface area contributed by atoms with Gasteiger partial charge in [0.25, 0.3) is 0 Å². The maximum atomic E-state index is 8.70. The number of aromatic nitrogens is 1. The summed E-state index contributed by atoms with van der Waals surface area (Å²) in [7, 11) is 0. The third-order valence-corrected chi connectivity index (χ3v) is 4.95. The minimum atomic E-state index is -0.245. The van der Waals surface area contributed by atoms with E-state index in [9.17, 15) is 0 Å². The number of hydrogen-bond donors (Lipinski definition) is 2. The van der Waals surface area contributed by atoms with Crippen LogP contribution < -0.4 is 5.73 Å². The van der Waals surface area contributed by atoms with Crippen LogP contribution in [0.25, 0.3) is 0 Å². The molecule has 6 heteroatoms. The summed E-state index contributed by atoms with van der Waals surface area (Å²) in [6, 6.07) is 3.91. The fourth-order valence-electron chi connectivity index (χ4n) is 1.58. The molecule has 0 saturated carbocycles. The highest BCUT2D eigenvalue weighted by molar-refractivity contribution is 9.10. The van der Waals surface area contributed by atoms with Crippen molar-refractivity contribution in [2.75, 3.05) is 5.75 Å². The zero-order chi connectivity index (χ0) is 14.3. The van der Waals surface area contributed by atoms with Gasteiger partial charge in [-0.25, -0.2) is 4.98 Å². The maximum absolute atomic E-state index is 8.70. The Labute approximate surface area is 127 Å². The number of nitrogens with two attached hydrogens (primary N) is 1. The van der Waals surface area contributed by atoms with E-state index >= 15 is 0 Å². The van der Waals surface area contributed by atoms with Crippen LogP contribution in [-0.4, -0.2) is 21.8 Å². The van der Waals surface area contributed by atoms with Gasteiger partial charge < -0.3 is 10.9 Å². The van der Waals surface area contributed by atoms with Crippen molar-refractivity contribution in [3.8, 4) is 0 Å². The van der Waals surface area contributed by atoms with Crippen LogP contribution in [0, 0.1) is 5.41 Å². The molecule has 3 N–H and O–H groups in total. The number of amidine groups is 1. The summed E-state index contributed by atoms with van der Waals surface area (Å²) in [5.41, 5.74) is 5.41. The molecule has 0 radical (unpaired) electrons. The van der Waals surface area contributed by atoms with E-state index in [-0.39, 0.29) is 5.41 Å². The van der Waals surface area contributed by atoms with E-state index in [2.05, 4.69) is 26.1 Å². The molecule has 0 unspecified atom stereocenters. The quantitative estimate of drug-likeness (QED) is 0.196. The molecule has 4 nitrogen and oxygen atoms in total. The van der Waals surface area contributed by atoms with Gasteiger partial charge in [0.2, 0.25) is 0 Å². The van der Waals surface area contributed by atoms with Gasteiger partial charge in [-0.2, -0.15) is 0 Å². The molecule has 0 saturated heterocycles. The Morgan fingerprint density at radius 2 is 2.26 bits per heavy atom. The van der Waals surface area contributed by atoms with Gasteiger partial charge in [-0.3, -0.25) is 0 Å². The lowest BCUT2D eigenvalue weighted by molar-refractivity contribution is 0.304. The van der Waals surface area contributed by atoms with Crippen LogP contribution in [0.5, 0.6) is 0 Å². The Kier molecular flexibility index (Phi) is 6.65. The summed E-state index contributed by atoms with van der Waals surface area (Å²) >= 11 is 5.23. The number of hydrogen-bond acceptors (Lipinski definition) is 4. The molecule has 106 valence electrons. The molecule has 19 heavy (non-hydrogen) atoms. The molecule has 0 aliphatic rings. The lowest BCUT2D eigenvalue weighted by atomic mass is 9.86. The Bertz CT molecular complexity index is 438. The second-order valence-electron chi connectivity index (χ2n) is 4.97. The summed E-state index contributed by atoms with van der Waals surface area (Å²) in [6.07, 6.45) is 4.83. The summed E-state index contributed by atoms with van der Waals surface area (Å²) in [6.45, 7) is 3.98. The van der Waals surface area contributed by atoms with E-state index in [1.54, 1.807) is 18.0 Å². The van der Waals surface area contributed by atoms with Crippen molar-refractivity contribution < 1.29 is 5.21 Å². The zero-order valence-corrected chi connectivity index (χ0v) is 13.7. The van der Waals surface area contributed by atoms with E-state index in [1.807, 2.05) is 26.0 Å². The molecule has 1 heterocycles. The first-order valence-corrected chi connectivity index (χ1v) is 7.96. The van der Waals surface area contributed by atoms with Crippen LogP contribution >= 0.6 is 27.7 Å². The summed E-state index contributed by atoms with van der Waals surface area (Å²) in [5, 5.41) is 12.8. The van der Waals surface area contributed by atoms with Crippen LogP contribution in [-0.2, 0) is 0 Å². The van der Waals surface area contributed by atoms with Gasteiger partial charge >= 0.3 is 0 Å². The largest absolute Gasteiger partial charge is 0.409 e. The van der Waals surface area contributed by atoms with Gasteiger partial charge in [0.15, 0.2) is 0 Å². The topological polar surface area (TPSA) is 71.5 Å². The first-order valence-electron chi connectivity index (χ1n) is 6.18. The number of unbranched alkanes of at least 4 members (excludes halogenated alkanes) is 1. The van der Waals surface area contributed by atoms with Crippen molar-refractivity contribution in [2.24, 2.45) is 16.3 Å². The fraction of sp³-hybridized carbons (Fsp3) is 0.538. The SMILES string of the molecule is CC(C)(CCCCSc1ncccc1Br)/C(N)=N/O. The second kappa shape index (κ2) is 7.75. The van der Waals surface area contributed by atoms with Crippen molar-refractivity contribution in [3.05, 3.63) is 22.8 Å². The normalized spacial score (nSPS) is 12.7. The van der Waals surface area contributed by atoms with E-state index in [0.29, 0.717) is 5.84 Å². The average Bonchev–Trinajstić information content (AvgIpc) is 2.39. The van der Waals surface area contributed by atoms with Crippen molar-refractivity contribution in [2.45, 2.75) is 38.1 Å². The van der Waals surface area contributed by atoms with E-state index < -0.39 is 0 Å². The first-order chi connectivity index (χ1) is 8.97. The van der Waals surface area contributed by atoms with Crippen molar-refractivity contribution in [1.82, 2.24) is 4.98 Å². The van der Waals surface area contributed by atoms with Gasteiger partial charge in [0.1, 0.15) is 10.9 Å². The molecular weight excluding hydrogens is 326 g/mol. The lowest BCUT2D eigenvalue weighted by Gasteiger charge is -2.22. The van der Waals surface area contributed by atoms with E-state index in [1.165, 1.54) is 0 Å². The van der Waals surface area contributed by atoms with Crippen molar-refractivity contribution in [1.29, 1.82) is 0 Å². The molecular formula is C13H20BrN3OS. The highest BCUT2D eigenvalue weighted by Gasteiger charge is 2.22. The highest BCUT2D eigenvalue weighted by Crippen LogP contribution is 2.27. The summed E-state index contributed by atoms with van der Waals surface area (Å²) in [4.78, 5) is 4.31. The van der Waals surface area contributed by atoms with E-state index in [4.69, 9.17) is 10.9 Å². The molecule has 0 spiro atoms. The molecule has 0 bridgehead atoms. The maximum Gasteiger partial charge on any atom is 0.144 e. The number of oxime groups is 1. The second-order valence-corrected chi connectivity index (χ2v) is 6.90. The Balaban J connectivity index is 2.27. The number of pyridine rings is 1. The molecule has 0 fully saturated rings. The predicted octanol–water partition coefficient (Wildman–Crippen LogP) is 3.88. The van der Waals surface area contributed by atoms with E-state index in [0.717, 1.165) is 34.5 Å². The van der Waals surface area contributed by atoms with Crippen LogP contribution in [0.1, 0.15) is 33.1 Å². The van der Waals surface area contributed by atoms with Gasteiger partial charge in [-0.15, -0.1) is 11.8 Å². The van der Waals surface area contributed by atoms with Crippen molar-refractivity contribution in [3.63, 3.8) is 0 Å². The Morgan fingerprint density at radius 1 is 1.53 bits per heavy atom. The highest BCUT2D eigenvalue weighted by atomic mass is 79.9. The minimum Gasteiger partial charge on any atom is -0.409 e. The van der Waals surface area contributed by atoms with Gasteiger partial charge in [-0.1, -0.05) is 25.4 Å². The smallest absolute Gasteiger partial charge is 0.144 e. The van der Waals surface area contributed by atoms with Crippen LogP contribution in [0.15, 0.2) is 33.0 Å². The fourth-order valence-corrected chi connectivity index (χ4v) is 3.06. The predicted molar refractivity (Wildman–Crippen MR) is 83.7 cm³/mol. The number of thioether (sulfide) groups is 1. The number of rotatable bonds is 7. The van der Waals surface area contributed by atoms with Gasteiger partial charge in [0.05, 0.1) is 0 Å².